The van der Waals surface area contributed by atoms with Crippen molar-refractivity contribution in [2.75, 3.05) is 6.61 Å². The molecule has 2 N–H and O–H groups in total. The zero-order chi connectivity index (χ0) is 21.1. The molecule has 2 amide bonds. The van der Waals surface area contributed by atoms with Gasteiger partial charge in [0.2, 0.25) is 5.89 Å². The molecule has 1 atom stereocenters. The van der Waals surface area contributed by atoms with Crippen molar-refractivity contribution in [1.29, 1.82) is 0 Å². The van der Waals surface area contributed by atoms with Crippen LogP contribution in [-0.2, 0) is 4.79 Å². The van der Waals surface area contributed by atoms with Crippen LogP contribution in [0.3, 0.4) is 0 Å². The minimum atomic E-state index is -0.947. The van der Waals surface area contributed by atoms with E-state index in [1.807, 2.05) is 30.3 Å². The molecule has 7 nitrogen and oxygen atoms in total. The van der Waals surface area contributed by atoms with Gasteiger partial charge in [0.25, 0.3) is 11.1 Å². The summed E-state index contributed by atoms with van der Waals surface area (Å²) in [6, 6.07) is 16.4. The first-order valence-corrected chi connectivity index (χ1v) is 10.00. The predicted molar refractivity (Wildman–Crippen MR) is 113 cm³/mol. The van der Waals surface area contributed by atoms with Crippen LogP contribution in [0.4, 0.5) is 4.79 Å². The van der Waals surface area contributed by atoms with Gasteiger partial charge in [0, 0.05) is 5.56 Å². The predicted octanol–water partition coefficient (Wildman–Crippen LogP) is 4.09. The molecular weight excluding hydrogens is 404 g/mol. The van der Waals surface area contributed by atoms with Crippen molar-refractivity contribution in [3.8, 4) is 17.2 Å². The number of benzene rings is 2. The van der Waals surface area contributed by atoms with Gasteiger partial charge in [-0.3, -0.25) is 14.9 Å². The first-order chi connectivity index (χ1) is 14.5. The molecule has 1 aliphatic rings. The Morgan fingerprint density at radius 2 is 1.90 bits per heavy atom. The highest BCUT2D eigenvalue weighted by atomic mass is 32.2. The van der Waals surface area contributed by atoms with Crippen LogP contribution >= 0.6 is 11.8 Å². The Morgan fingerprint density at radius 3 is 2.57 bits per heavy atom. The Kier molecular flexibility index (Phi) is 5.69. The topological polar surface area (TPSA) is 102 Å². The number of rotatable bonds is 6. The molecule has 0 bridgehead atoms. The molecule has 3 aromatic rings. The monoisotopic (exact) mass is 422 g/mol. The molecule has 0 saturated carbocycles. The molecule has 2 heterocycles. The first kappa shape index (κ1) is 19.9. The number of ether oxygens (including phenoxy) is 1. The number of thioether (sulfide) groups is 1. The zero-order valence-corrected chi connectivity index (χ0v) is 16.8. The molecule has 0 aliphatic carbocycles. The lowest BCUT2D eigenvalue weighted by Crippen LogP contribution is -2.17. The average molecular weight is 422 g/mol. The van der Waals surface area contributed by atoms with Crippen LogP contribution in [0.1, 0.15) is 23.1 Å². The van der Waals surface area contributed by atoms with Crippen molar-refractivity contribution >= 4 is 29.0 Å². The van der Waals surface area contributed by atoms with Gasteiger partial charge in [-0.1, -0.05) is 30.3 Å². The van der Waals surface area contributed by atoms with Crippen molar-refractivity contribution in [3.05, 3.63) is 76.5 Å². The number of carbonyl (C=O) groups is 2. The summed E-state index contributed by atoms with van der Waals surface area (Å²) >= 11 is 0.868. The number of nitrogens with one attached hydrogen (secondary N) is 1. The Morgan fingerprint density at radius 1 is 1.17 bits per heavy atom. The highest BCUT2D eigenvalue weighted by Crippen LogP contribution is 2.27. The van der Waals surface area contributed by atoms with Crippen molar-refractivity contribution < 1.29 is 23.8 Å². The maximum Gasteiger partial charge on any atom is 0.290 e. The van der Waals surface area contributed by atoms with Crippen molar-refractivity contribution in [2.24, 2.45) is 0 Å². The van der Waals surface area contributed by atoms with E-state index in [4.69, 9.17) is 9.15 Å². The third-order valence-corrected chi connectivity index (χ3v) is 5.21. The summed E-state index contributed by atoms with van der Waals surface area (Å²) < 4.78 is 11.3. The van der Waals surface area contributed by atoms with Gasteiger partial charge >= 0.3 is 0 Å². The molecule has 1 unspecified atom stereocenters. The van der Waals surface area contributed by atoms with Gasteiger partial charge in [-0.25, -0.2) is 4.98 Å². The fourth-order valence-electron chi connectivity index (χ4n) is 2.91. The van der Waals surface area contributed by atoms with Crippen molar-refractivity contribution in [2.45, 2.75) is 13.0 Å². The van der Waals surface area contributed by atoms with E-state index >= 15 is 0 Å². The van der Waals surface area contributed by atoms with E-state index in [9.17, 15) is 14.7 Å². The van der Waals surface area contributed by atoms with Gasteiger partial charge in [-0.15, -0.1) is 0 Å². The quantitative estimate of drug-likeness (QED) is 0.577. The van der Waals surface area contributed by atoms with Gasteiger partial charge in [0.1, 0.15) is 29.9 Å². The normalized spacial score (nSPS) is 16.0. The second-order valence-electron chi connectivity index (χ2n) is 6.57. The number of oxazole rings is 1. The van der Waals surface area contributed by atoms with Crippen LogP contribution in [-0.4, -0.2) is 27.8 Å². The van der Waals surface area contributed by atoms with Crippen LogP contribution < -0.4 is 10.1 Å². The van der Waals surface area contributed by atoms with E-state index in [-0.39, 0.29) is 11.8 Å². The number of nitrogens with zero attached hydrogens (tertiary/aromatic N) is 1. The maximum atomic E-state index is 11.6. The lowest BCUT2D eigenvalue weighted by atomic mass is 10.2. The van der Waals surface area contributed by atoms with Crippen LogP contribution in [0, 0.1) is 6.92 Å². The third kappa shape index (κ3) is 4.45. The standard InChI is InChI=1S/C22H18N2O5S/c1-13-19(23-21(29-13)15-5-3-2-4-6-15)17(25)12-28-16-9-7-14(8-10-16)11-18-20(26)24-22(27)30-18/h2-11,17,25H,12H2,1H3,(H,24,26,27)/b18-11-. The second-order valence-corrected chi connectivity index (χ2v) is 7.59. The first-order valence-electron chi connectivity index (χ1n) is 9.18. The van der Waals surface area contributed by atoms with E-state index < -0.39 is 12.0 Å². The Hall–Kier alpha value is -3.36. The largest absolute Gasteiger partial charge is 0.490 e. The smallest absolute Gasteiger partial charge is 0.290 e. The molecular formula is C22H18N2O5S. The molecule has 152 valence electrons. The number of aliphatic hydroxyl groups excluding tert-OH is 1. The Bertz CT molecular complexity index is 1110. The summed E-state index contributed by atoms with van der Waals surface area (Å²) in [5.41, 5.74) is 2.03. The van der Waals surface area contributed by atoms with Gasteiger partial charge in [-0.05, 0) is 54.6 Å². The number of hydrogen-bond acceptors (Lipinski definition) is 7. The number of amides is 2. The minimum Gasteiger partial charge on any atom is -0.490 e. The molecule has 1 aromatic heterocycles. The number of aryl methyl sites for hydroxylation is 1. The van der Waals surface area contributed by atoms with Gasteiger partial charge in [0.15, 0.2) is 0 Å². The van der Waals surface area contributed by atoms with Crippen LogP contribution in [0.25, 0.3) is 17.5 Å². The zero-order valence-electron chi connectivity index (χ0n) is 16.0. The van der Waals surface area contributed by atoms with Crippen LogP contribution in [0.15, 0.2) is 63.9 Å². The molecule has 0 spiro atoms. The van der Waals surface area contributed by atoms with Gasteiger partial charge in [0.05, 0.1) is 4.91 Å². The van der Waals surface area contributed by atoms with Crippen molar-refractivity contribution in [3.63, 3.8) is 0 Å². The molecule has 1 fully saturated rings. The molecule has 8 heteroatoms. The number of hydrogen-bond donors (Lipinski definition) is 2. The van der Waals surface area contributed by atoms with Crippen LogP contribution in [0.5, 0.6) is 5.75 Å². The molecule has 1 saturated heterocycles. The highest BCUT2D eigenvalue weighted by Gasteiger charge is 2.25. The number of aliphatic hydroxyl groups is 1. The molecule has 2 aromatic carbocycles. The summed E-state index contributed by atoms with van der Waals surface area (Å²) in [5, 5.41) is 12.3. The van der Waals surface area contributed by atoms with Gasteiger partial charge < -0.3 is 14.3 Å². The van der Waals surface area contributed by atoms with E-state index in [2.05, 4.69) is 10.3 Å². The highest BCUT2D eigenvalue weighted by molar-refractivity contribution is 8.18. The Labute approximate surface area is 176 Å². The van der Waals surface area contributed by atoms with E-state index in [1.165, 1.54) is 0 Å². The SMILES string of the molecule is Cc1oc(-c2ccccc2)nc1C(O)COc1ccc(/C=C2\SC(=O)NC2=O)cc1. The third-order valence-electron chi connectivity index (χ3n) is 4.40. The summed E-state index contributed by atoms with van der Waals surface area (Å²) in [6.45, 7) is 1.76. The molecule has 1 aliphatic heterocycles. The van der Waals surface area contributed by atoms with Gasteiger partial charge in [-0.2, -0.15) is 0 Å². The Balaban J connectivity index is 1.39. The lowest BCUT2D eigenvalue weighted by Gasteiger charge is -2.11. The summed E-state index contributed by atoms with van der Waals surface area (Å²) in [7, 11) is 0. The number of imide groups is 1. The van der Waals surface area contributed by atoms with E-state index in [0.717, 1.165) is 22.9 Å². The maximum absolute atomic E-state index is 11.6. The summed E-state index contributed by atoms with van der Waals surface area (Å²) in [4.78, 5) is 27.6. The fourth-order valence-corrected chi connectivity index (χ4v) is 3.59. The summed E-state index contributed by atoms with van der Waals surface area (Å²) in [6.07, 6.45) is 0.686. The summed E-state index contributed by atoms with van der Waals surface area (Å²) in [5.74, 6) is 1.15. The fraction of sp³-hybridized carbons (Fsp3) is 0.136. The minimum absolute atomic E-state index is 0.00873. The number of aromatic nitrogens is 1. The second kappa shape index (κ2) is 8.56. The molecule has 30 heavy (non-hydrogen) atoms. The van der Waals surface area contributed by atoms with Crippen molar-refractivity contribution in [1.82, 2.24) is 10.3 Å². The van der Waals surface area contributed by atoms with E-state index in [0.29, 0.717) is 28.0 Å². The molecule has 4 rings (SSSR count). The lowest BCUT2D eigenvalue weighted by molar-refractivity contribution is -0.115. The molecule has 0 radical (unpaired) electrons. The number of carbonyl (C=O) groups excluding carboxylic acids is 2. The average Bonchev–Trinajstić information content (AvgIpc) is 3.29. The van der Waals surface area contributed by atoms with E-state index in [1.54, 1.807) is 37.3 Å². The van der Waals surface area contributed by atoms with Crippen LogP contribution in [0.2, 0.25) is 0 Å².